The van der Waals surface area contributed by atoms with Gasteiger partial charge < -0.3 is 9.11 Å². The second-order valence-electron chi connectivity index (χ2n) is 1.89. The average molecular weight is 218 g/mol. The van der Waals surface area contributed by atoms with Crippen molar-refractivity contribution in [2.24, 2.45) is 0 Å². The summed E-state index contributed by atoms with van der Waals surface area (Å²) in [6.07, 6.45) is 10.6. The highest BCUT2D eigenvalue weighted by molar-refractivity contribution is 7.97. The van der Waals surface area contributed by atoms with Crippen molar-refractivity contribution in [2.75, 3.05) is 37.5 Å². The quantitative estimate of drug-likeness (QED) is 0.569. The molecule has 72 valence electrons. The molecule has 0 bridgehead atoms. The topological polar surface area (TPSA) is 46.1 Å². The first-order chi connectivity index (χ1) is 4.88. The largest absolute Gasteiger partial charge is 0.617 e. The van der Waals surface area contributed by atoms with Gasteiger partial charge in [-0.15, -0.1) is 0 Å². The molecule has 5 heteroatoms. The van der Waals surface area contributed by atoms with E-state index in [9.17, 15) is 9.11 Å². The van der Waals surface area contributed by atoms with Gasteiger partial charge in [-0.3, -0.25) is 0 Å². The molecule has 0 rings (SSSR count). The van der Waals surface area contributed by atoms with E-state index in [4.69, 9.17) is 0 Å². The number of hydrogen-bond donors (Lipinski definition) is 0. The Bertz CT molecular complexity index is 39.6. The molecule has 0 saturated heterocycles. The summed E-state index contributed by atoms with van der Waals surface area (Å²) in [4.78, 5) is 0. The molecule has 0 aliphatic carbocycles. The third-order valence-electron chi connectivity index (χ3n) is 0. The fourth-order valence-corrected chi connectivity index (χ4v) is 0. The Morgan fingerprint density at radius 2 is 0.818 bits per heavy atom. The second kappa shape index (κ2) is 17.2. The third kappa shape index (κ3) is 938. The van der Waals surface area contributed by atoms with Gasteiger partial charge in [-0.1, -0.05) is 22.4 Å². The predicted octanol–water partition coefficient (Wildman–Crippen LogP) is 0.969. The van der Waals surface area contributed by atoms with Crippen LogP contribution in [-0.4, -0.2) is 46.6 Å². The lowest BCUT2D eigenvalue weighted by atomic mass is 11.9. The zero-order valence-electron chi connectivity index (χ0n) is 8.04. The smallest absolute Gasteiger partial charge is 0.0946 e. The maximum atomic E-state index is 9.56. The van der Waals surface area contributed by atoms with Crippen LogP contribution in [0.1, 0.15) is 0 Å². The SMILES string of the molecule is CSC.C[S+](C)[O-].C[S+](C)[O-]. The van der Waals surface area contributed by atoms with Crippen LogP contribution in [0.4, 0.5) is 0 Å². The highest BCUT2D eigenvalue weighted by Gasteiger charge is 1.66. The summed E-state index contributed by atoms with van der Waals surface area (Å²) >= 11 is 0.528. The molecule has 0 aromatic rings. The first kappa shape index (κ1) is 17.9. The van der Waals surface area contributed by atoms with Crippen molar-refractivity contribution in [3.8, 4) is 0 Å². The summed E-state index contributed by atoms with van der Waals surface area (Å²) < 4.78 is 19.1. The minimum Gasteiger partial charge on any atom is -0.617 e. The minimum atomic E-state index is -0.611. The van der Waals surface area contributed by atoms with Crippen LogP contribution < -0.4 is 0 Å². The van der Waals surface area contributed by atoms with Gasteiger partial charge in [0, 0.05) is 0 Å². The van der Waals surface area contributed by atoms with Crippen LogP contribution >= 0.6 is 11.8 Å². The van der Waals surface area contributed by atoms with E-state index in [2.05, 4.69) is 0 Å². The van der Waals surface area contributed by atoms with Crippen LogP contribution in [-0.2, 0) is 22.4 Å². The molecule has 0 aliphatic rings. The molecule has 0 saturated carbocycles. The maximum Gasteiger partial charge on any atom is 0.0946 e. The van der Waals surface area contributed by atoms with Gasteiger partial charge in [0.15, 0.2) is 0 Å². The molecule has 0 fully saturated rings. The second-order valence-corrected chi connectivity index (χ2v) is 5.67. The molecule has 0 N–H and O–H groups in total. The van der Waals surface area contributed by atoms with Gasteiger partial charge in [-0.2, -0.15) is 11.8 Å². The zero-order chi connectivity index (χ0) is 9.86. The fourth-order valence-electron chi connectivity index (χ4n) is 0. The average Bonchev–Trinajstić information content (AvgIpc) is 1.60. The molecule has 0 radical (unpaired) electrons. The highest BCUT2D eigenvalue weighted by Crippen LogP contribution is 1.70. The molecule has 0 heterocycles. The van der Waals surface area contributed by atoms with Crippen molar-refractivity contribution >= 4 is 34.1 Å². The standard InChI is InChI=1S/2C2H6OS.C2H6S/c2*1-4(2)3;1-3-2/h2*1-2H3;1-2H3. The van der Waals surface area contributed by atoms with E-state index >= 15 is 0 Å². The van der Waals surface area contributed by atoms with E-state index in [1.165, 1.54) is 0 Å². The third-order valence-corrected chi connectivity index (χ3v) is 0. The van der Waals surface area contributed by atoms with Gasteiger partial charge >= 0.3 is 0 Å². The molecule has 2 nitrogen and oxygen atoms in total. The van der Waals surface area contributed by atoms with E-state index in [1.54, 1.807) is 36.8 Å². The van der Waals surface area contributed by atoms with Crippen LogP contribution in [0, 0.1) is 0 Å². The molecule has 0 amide bonds. The summed E-state index contributed by atoms with van der Waals surface area (Å²) in [5.74, 6) is 0. The van der Waals surface area contributed by atoms with E-state index < -0.39 is 22.4 Å². The fraction of sp³-hybridized carbons (Fsp3) is 1.00. The van der Waals surface area contributed by atoms with Crippen molar-refractivity contribution in [3.05, 3.63) is 0 Å². The summed E-state index contributed by atoms with van der Waals surface area (Å²) in [5, 5.41) is 0. The number of hydrogen-bond acceptors (Lipinski definition) is 3. The van der Waals surface area contributed by atoms with Gasteiger partial charge in [0.25, 0.3) is 0 Å². The van der Waals surface area contributed by atoms with Crippen molar-refractivity contribution in [1.29, 1.82) is 0 Å². The van der Waals surface area contributed by atoms with Crippen molar-refractivity contribution in [1.82, 2.24) is 0 Å². The van der Waals surface area contributed by atoms with E-state index in [1.807, 2.05) is 12.5 Å². The van der Waals surface area contributed by atoms with Gasteiger partial charge in [0.05, 0.1) is 25.0 Å². The number of thioether (sulfide) groups is 1. The molecular weight excluding hydrogens is 200 g/mol. The molecule has 0 unspecified atom stereocenters. The lowest BCUT2D eigenvalue weighted by molar-refractivity contribution is 0.605. The van der Waals surface area contributed by atoms with Crippen molar-refractivity contribution < 1.29 is 9.11 Å². The Kier molecular flexibility index (Phi) is 27.9. The Morgan fingerprint density at radius 1 is 0.818 bits per heavy atom. The molecular formula is C6H18O2S3. The Morgan fingerprint density at radius 3 is 0.818 bits per heavy atom. The molecule has 0 aromatic heterocycles. The summed E-state index contributed by atoms with van der Waals surface area (Å²) in [6.45, 7) is 0. The van der Waals surface area contributed by atoms with Crippen LogP contribution in [0.25, 0.3) is 0 Å². The van der Waals surface area contributed by atoms with Crippen LogP contribution in [0.2, 0.25) is 0 Å². The van der Waals surface area contributed by atoms with E-state index in [-0.39, 0.29) is 0 Å². The maximum absolute atomic E-state index is 9.56. The first-order valence-corrected chi connectivity index (χ1v) is 8.35. The van der Waals surface area contributed by atoms with E-state index in [0.29, 0.717) is 0 Å². The van der Waals surface area contributed by atoms with Gasteiger partial charge in [-0.25, -0.2) is 0 Å². The van der Waals surface area contributed by atoms with Crippen molar-refractivity contribution in [3.63, 3.8) is 0 Å². The predicted molar refractivity (Wildman–Crippen MR) is 59.4 cm³/mol. The minimum absolute atomic E-state index is 0.611. The summed E-state index contributed by atoms with van der Waals surface area (Å²) in [7, 11) is 0. The Balaban J connectivity index is -0.0000000886. The van der Waals surface area contributed by atoms with Crippen LogP contribution in [0.15, 0.2) is 0 Å². The summed E-state index contributed by atoms with van der Waals surface area (Å²) in [5.41, 5.74) is 0. The monoisotopic (exact) mass is 218 g/mol. The Hall–Kier alpha value is 0.970. The molecule has 0 aromatic carbocycles. The van der Waals surface area contributed by atoms with Crippen molar-refractivity contribution in [2.45, 2.75) is 0 Å². The van der Waals surface area contributed by atoms with Gasteiger partial charge in [-0.05, 0) is 12.5 Å². The van der Waals surface area contributed by atoms with Crippen LogP contribution in [0.5, 0.6) is 0 Å². The summed E-state index contributed by atoms with van der Waals surface area (Å²) in [6, 6.07) is 0. The lowest BCUT2D eigenvalue weighted by Crippen LogP contribution is -1.86. The zero-order valence-corrected chi connectivity index (χ0v) is 10.5. The van der Waals surface area contributed by atoms with Crippen LogP contribution in [0.3, 0.4) is 0 Å². The van der Waals surface area contributed by atoms with Gasteiger partial charge in [0.2, 0.25) is 0 Å². The molecule has 11 heavy (non-hydrogen) atoms. The first-order valence-electron chi connectivity index (χ1n) is 2.78. The normalized spacial score (nSPS) is 8.18. The number of rotatable bonds is 0. The Labute approximate surface area is 80.9 Å². The molecule has 0 spiro atoms. The highest BCUT2D eigenvalue weighted by atomic mass is 32.2. The lowest BCUT2D eigenvalue weighted by Gasteiger charge is -1.87. The molecule has 0 atom stereocenters. The van der Waals surface area contributed by atoms with Gasteiger partial charge in [0.1, 0.15) is 0 Å². The van der Waals surface area contributed by atoms with E-state index in [0.717, 1.165) is 0 Å². The molecule has 0 aliphatic heterocycles.